The van der Waals surface area contributed by atoms with E-state index in [4.69, 9.17) is 0 Å². The van der Waals surface area contributed by atoms with E-state index in [1.807, 2.05) is 11.3 Å². The van der Waals surface area contributed by atoms with Crippen molar-refractivity contribution < 1.29 is 0 Å². The molecule has 0 fully saturated rings. The van der Waals surface area contributed by atoms with E-state index in [1.165, 1.54) is 107 Å². The van der Waals surface area contributed by atoms with E-state index in [0.717, 1.165) is 0 Å². The SMILES string of the molecule is c1cc2ccc3ccc(-c4ccc5sc6ccc(-c7ccc8c9ccccc9c9ccccc9c8c7)cc6c5c4)c4ccc(c1)c2c34. The molecule has 0 radical (unpaired) electrons. The zero-order valence-electron chi connectivity index (χ0n) is 25.4. The minimum absolute atomic E-state index is 1.25. The van der Waals surface area contributed by atoms with Crippen LogP contribution >= 0.6 is 11.3 Å². The molecule has 1 aromatic heterocycles. The molecule has 216 valence electrons. The van der Waals surface area contributed by atoms with Crippen LogP contribution < -0.4 is 0 Å². The lowest BCUT2D eigenvalue weighted by atomic mass is 9.89. The topological polar surface area (TPSA) is 0 Å². The van der Waals surface area contributed by atoms with Gasteiger partial charge in [-0.1, -0.05) is 127 Å². The van der Waals surface area contributed by atoms with Crippen LogP contribution in [0, 0.1) is 0 Å². The van der Waals surface area contributed by atoms with E-state index in [0.29, 0.717) is 0 Å². The van der Waals surface area contributed by atoms with Gasteiger partial charge in [0.1, 0.15) is 0 Å². The van der Waals surface area contributed by atoms with Crippen molar-refractivity contribution in [2.75, 3.05) is 0 Å². The molecule has 11 aromatic rings. The molecule has 10 aromatic carbocycles. The van der Waals surface area contributed by atoms with E-state index in [-0.39, 0.29) is 0 Å². The average molecular weight is 611 g/mol. The highest BCUT2D eigenvalue weighted by Gasteiger charge is 2.15. The Hall–Kier alpha value is -5.76. The molecular formula is C46H26S. The highest BCUT2D eigenvalue weighted by Crippen LogP contribution is 2.43. The van der Waals surface area contributed by atoms with Crippen molar-refractivity contribution in [3.8, 4) is 22.3 Å². The van der Waals surface area contributed by atoms with Crippen LogP contribution in [-0.4, -0.2) is 0 Å². The average Bonchev–Trinajstić information content (AvgIpc) is 3.51. The quantitative estimate of drug-likeness (QED) is 0.171. The summed E-state index contributed by atoms with van der Waals surface area (Å²) in [6.45, 7) is 0. The fourth-order valence-electron chi connectivity index (χ4n) is 8.20. The monoisotopic (exact) mass is 610 g/mol. The lowest BCUT2D eigenvalue weighted by Crippen LogP contribution is -1.87. The van der Waals surface area contributed by atoms with Gasteiger partial charge in [-0.3, -0.25) is 0 Å². The highest BCUT2D eigenvalue weighted by atomic mass is 32.1. The largest absolute Gasteiger partial charge is 0.135 e. The van der Waals surface area contributed by atoms with Crippen molar-refractivity contribution in [3.63, 3.8) is 0 Å². The summed E-state index contributed by atoms with van der Waals surface area (Å²) in [6, 6.07) is 59.1. The Balaban J connectivity index is 1.11. The number of hydrogen-bond acceptors (Lipinski definition) is 1. The van der Waals surface area contributed by atoms with Gasteiger partial charge in [-0.25, -0.2) is 0 Å². The van der Waals surface area contributed by atoms with Crippen molar-refractivity contribution in [1.29, 1.82) is 0 Å². The summed E-state index contributed by atoms with van der Waals surface area (Å²) < 4.78 is 2.66. The van der Waals surface area contributed by atoms with Crippen molar-refractivity contribution in [1.82, 2.24) is 0 Å². The van der Waals surface area contributed by atoms with Crippen molar-refractivity contribution in [3.05, 3.63) is 158 Å². The second-order valence-electron chi connectivity index (χ2n) is 12.8. The molecule has 0 spiro atoms. The number of thiophene rings is 1. The highest BCUT2D eigenvalue weighted by molar-refractivity contribution is 7.25. The molecule has 0 aliphatic heterocycles. The van der Waals surface area contributed by atoms with Gasteiger partial charge in [0.05, 0.1) is 0 Å². The Labute approximate surface area is 275 Å². The van der Waals surface area contributed by atoms with Gasteiger partial charge < -0.3 is 0 Å². The molecular weight excluding hydrogens is 585 g/mol. The van der Waals surface area contributed by atoms with Crippen molar-refractivity contribution in [2.24, 2.45) is 0 Å². The Morgan fingerprint density at radius 3 is 1.43 bits per heavy atom. The number of benzene rings is 10. The summed E-state index contributed by atoms with van der Waals surface area (Å²) in [4.78, 5) is 0. The Kier molecular flexibility index (Phi) is 5.08. The van der Waals surface area contributed by atoms with Crippen LogP contribution in [0.25, 0.3) is 107 Å². The molecule has 0 N–H and O–H groups in total. The van der Waals surface area contributed by atoms with E-state index in [1.54, 1.807) is 0 Å². The lowest BCUT2D eigenvalue weighted by molar-refractivity contribution is 1.70. The molecule has 0 aliphatic carbocycles. The summed E-state index contributed by atoms with van der Waals surface area (Å²) >= 11 is 1.89. The minimum Gasteiger partial charge on any atom is -0.135 e. The fraction of sp³-hybridized carbons (Fsp3) is 0. The molecule has 0 aliphatic rings. The van der Waals surface area contributed by atoms with Crippen LogP contribution in [0.3, 0.4) is 0 Å². The summed E-state index contributed by atoms with van der Waals surface area (Å²) in [5.74, 6) is 0. The smallest absolute Gasteiger partial charge is 0.0355 e. The van der Waals surface area contributed by atoms with Gasteiger partial charge in [0.25, 0.3) is 0 Å². The molecule has 0 bridgehead atoms. The molecule has 1 heteroatoms. The zero-order chi connectivity index (χ0) is 30.6. The Morgan fingerprint density at radius 2 is 0.745 bits per heavy atom. The maximum absolute atomic E-state index is 2.42. The molecule has 0 unspecified atom stereocenters. The number of hydrogen-bond donors (Lipinski definition) is 0. The number of fused-ring (bicyclic) bond motifs is 9. The summed E-state index contributed by atoms with van der Waals surface area (Å²) in [5, 5.41) is 18.5. The van der Waals surface area contributed by atoms with Crippen molar-refractivity contribution >= 4 is 96.1 Å². The lowest BCUT2D eigenvalue weighted by Gasteiger charge is -2.14. The molecule has 0 saturated carbocycles. The molecule has 0 amide bonds. The van der Waals surface area contributed by atoms with E-state index >= 15 is 0 Å². The van der Waals surface area contributed by atoms with Crippen LogP contribution in [0.1, 0.15) is 0 Å². The van der Waals surface area contributed by atoms with Gasteiger partial charge in [-0.05, 0) is 117 Å². The van der Waals surface area contributed by atoms with Crippen LogP contribution in [0.4, 0.5) is 0 Å². The fourth-order valence-corrected chi connectivity index (χ4v) is 9.27. The molecule has 1 heterocycles. The van der Waals surface area contributed by atoms with Gasteiger partial charge in [-0.2, -0.15) is 0 Å². The molecule has 0 saturated heterocycles. The summed E-state index contributed by atoms with van der Waals surface area (Å²) in [7, 11) is 0. The first kappa shape index (κ1) is 25.4. The molecule has 0 nitrogen and oxygen atoms in total. The third-order valence-corrected chi connectivity index (χ3v) is 11.5. The summed E-state index contributed by atoms with van der Waals surface area (Å²) in [5.41, 5.74) is 5.07. The third kappa shape index (κ3) is 3.58. The van der Waals surface area contributed by atoms with Gasteiger partial charge in [0, 0.05) is 20.2 Å². The molecule has 0 atom stereocenters. The standard InChI is InChI=1S/C46H26S/c1-2-10-36-34(8-1)35-9-3-4-11-37(35)40-24-30(16-20-38(36)40)31-17-22-43-41(25-31)42-26-32(18-23-44(42)47-43)33-19-14-29-13-12-27-6-5-7-28-15-21-39(33)46(29)45(27)28/h1-26H. The first-order chi connectivity index (χ1) is 23.3. The molecule has 47 heavy (non-hydrogen) atoms. The normalized spacial score (nSPS) is 12.3. The second kappa shape index (κ2) is 9.39. The van der Waals surface area contributed by atoms with Crippen LogP contribution in [-0.2, 0) is 0 Å². The van der Waals surface area contributed by atoms with Crippen LogP contribution in [0.2, 0.25) is 0 Å². The van der Waals surface area contributed by atoms with Gasteiger partial charge in [0.15, 0.2) is 0 Å². The Bertz CT molecular complexity index is 3020. The Morgan fingerprint density at radius 1 is 0.277 bits per heavy atom. The minimum atomic E-state index is 1.25. The van der Waals surface area contributed by atoms with Crippen LogP contribution in [0.15, 0.2) is 158 Å². The van der Waals surface area contributed by atoms with Gasteiger partial charge in [0.2, 0.25) is 0 Å². The van der Waals surface area contributed by atoms with Gasteiger partial charge in [-0.15, -0.1) is 11.3 Å². The zero-order valence-corrected chi connectivity index (χ0v) is 26.2. The number of rotatable bonds is 2. The maximum Gasteiger partial charge on any atom is 0.0355 e. The second-order valence-corrected chi connectivity index (χ2v) is 13.9. The predicted molar refractivity (Wildman–Crippen MR) is 206 cm³/mol. The van der Waals surface area contributed by atoms with Gasteiger partial charge >= 0.3 is 0 Å². The third-order valence-electron chi connectivity index (χ3n) is 10.4. The van der Waals surface area contributed by atoms with Crippen molar-refractivity contribution in [2.45, 2.75) is 0 Å². The van der Waals surface area contributed by atoms with Crippen LogP contribution in [0.5, 0.6) is 0 Å². The van der Waals surface area contributed by atoms with E-state index in [9.17, 15) is 0 Å². The van der Waals surface area contributed by atoms with E-state index < -0.39 is 0 Å². The van der Waals surface area contributed by atoms with E-state index in [2.05, 4.69) is 158 Å². The maximum atomic E-state index is 2.42. The summed E-state index contributed by atoms with van der Waals surface area (Å²) in [6.07, 6.45) is 0. The predicted octanol–water partition coefficient (Wildman–Crippen LogP) is 13.7. The molecule has 11 rings (SSSR count). The first-order valence-corrected chi connectivity index (χ1v) is 17.1. The first-order valence-electron chi connectivity index (χ1n) is 16.3.